The molecule has 130 valence electrons. The number of hydrogen-bond acceptors (Lipinski definition) is 5. The van der Waals surface area contributed by atoms with Crippen LogP contribution in [0.3, 0.4) is 0 Å². The van der Waals surface area contributed by atoms with E-state index in [1.807, 2.05) is 13.0 Å². The number of nitrogens with one attached hydrogen (secondary N) is 1. The molecule has 0 aromatic heterocycles. The van der Waals surface area contributed by atoms with Crippen molar-refractivity contribution in [3.63, 3.8) is 0 Å². The van der Waals surface area contributed by atoms with Crippen molar-refractivity contribution in [3.8, 4) is 11.8 Å². The molecule has 0 unspecified atom stereocenters. The highest BCUT2D eigenvalue weighted by Crippen LogP contribution is 2.30. The third-order valence-corrected chi connectivity index (χ3v) is 3.82. The molecule has 0 radical (unpaired) electrons. The summed E-state index contributed by atoms with van der Waals surface area (Å²) >= 11 is 0. The van der Waals surface area contributed by atoms with Gasteiger partial charge in [0.1, 0.15) is 11.9 Å². The van der Waals surface area contributed by atoms with Gasteiger partial charge in [-0.25, -0.2) is 4.79 Å². The molecule has 6 nitrogen and oxygen atoms in total. The van der Waals surface area contributed by atoms with Crippen molar-refractivity contribution in [2.75, 3.05) is 11.9 Å². The first-order chi connectivity index (χ1) is 12.0. The predicted molar refractivity (Wildman–Crippen MR) is 93.0 cm³/mol. The summed E-state index contributed by atoms with van der Waals surface area (Å²) in [5.74, 6) is 0.0144. The van der Waals surface area contributed by atoms with Crippen LogP contribution in [0.5, 0.6) is 5.75 Å². The average Bonchev–Trinajstić information content (AvgIpc) is 2.61. The normalized spacial score (nSPS) is 12.7. The number of carbonyl (C=O) groups is 1. The van der Waals surface area contributed by atoms with Crippen molar-refractivity contribution >= 4 is 11.8 Å². The van der Waals surface area contributed by atoms with Gasteiger partial charge in [-0.05, 0) is 54.3 Å². The standard InChI is InChI=1S/C19H20N2O4/c1-13(10-11-22)18(15-4-8-17(23)9-5-15)25-19(24)21-16-6-2-14(12-20)3-7-16/h2-9,13,18,22-23H,10-11H2,1H3,(H,21,24)/t13-,18+/m1/s1. The third kappa shape index (κ3) is 5.23. The summed E-state index contributed by atoms with van der Waals surface area (Å²) in [5.41, 5.74) is 1.74. The Kier molecular flexibility index (Phi) is 6.38. The maximum absolute atomic E-state index is 12.2. The van der Waals surface area contributed by atoms with Crippen LogP contribution in [0.25, 0.3) is 0 Å². The number of nitriles is 1. The number of phenolic OH excluding ortho intramolecular Hbond substituents is 1. The number of nitrogens with zero attached hydrogens (tertiary/aromatic N) is 1. The van der Waals surface area contributed by atoms with Gasteiger partial charge in [-0.15, -0.1) is 0 Å². The quantitative estimate of drug-likeness (QED) is 0.746. The third-order valence-electron chi connectivity index (χ3n) is 3.82. The number of ether oxygens (including phenoxy) is 1. The maximum atomic E-state index is 12.2. The molecule has 2 aromatic rings. The van der Waals surface area contributed by atoms with Crippen LogP contribution in [0.1, 0.15) is 30.6 Å². The Morgan fingerprint density at radius 1 is 1.20 bits per heavy atom. The molecular weight excluding hydrogens is 320 g/mol. The Morgan fingerprint density at radius 3 is 2.40 bits per heavy atom. The molecule has 1 amide bonds. The lowest BCUT2D eigenvalue weighted by Gasteiger charge is -2.24. The molecule has 0 aliphatic heterocycles. The molecule has 2 rings (SSSR count). The molecule has 0 fully saturated rings. The minimum atomic E-state index is -0.632. The fourth-order valence-electron chi connectivity index (χ4n) is 2.42. The van der Waals surface area contributed by atoms with Crippen molar-refractivity contribution in [1.29, 1.82) is 5.26 Å². The number of aliphatic hydroxyl groups excluding tert-OH is 1. The number of aromatic hydroxyl groups is 1. The van der Waals surface area contributed by atoms with E-state index in [9.17, 15) is 15.0 Å². The number of rotatable bonds is 6. The molecule has 6 heteroatoms. The first kappa shape index (κ1) is 18.3. The van der Waals surface area contributed by atoms with Gasteiger partial charge in [0, 0.05) is 12.3 Å². The number of benzene rings is 2. The summed E-state index contributed by atoms with van der Waals surface area (Å²) in [6, 6.07) is 14.9. The molecule has 2 atom stereocenters. The van der Waals surface area contributed by atoms with Crippen LogP contribution in [0.4, 0.5) is 10.5 Å². The Hall–Kier alpha value is -3.04. The summed E-state index contributed by atoms with van der Waals surface area (Å²) in [5, 5.41) is 30.0. The lowest BCUT2D eigenvalue weighted by Crippen LogP contribution is -2.22. The number of hydrogen-bond donors (Lipinski definition) is 3. The minimum Gasteiger partial charge on any atom is -0.508 e. The lowest BCUT2D eigenvalue weighted by atomic mass is 9.94. The van der Waals surface area contributed by atoms with Gasteiger partial charge in [-0.3, -0.25) is 5.32 Å². The van der Waals surface area contributed by atoms with Crippen molar-refractivity contribution in [2.45, 2.75) is 19.4 Å². The van der Waals surface area contributed by atoms with Crippen LogP contribution in [0.2, 0.25) is 0 Å². The molecular formula is C19H20N2O4. The number of carbonyl (C=O) groups excluding carboxylic acids is 1. The zero-order valence-corrected chi connectivity index (χ0v) is 13.8. The highest BCUT2D eigenvalue weighted by atomic mass is 16.6. The SMILES string of the molecule is C[C@H](CCO)[C@H](OC(=O)Nc1ccc(C#N)cc1)c1ccc(O)cc1. The van der Waals surface area contributed by atoms with Gasteiger partial charge in [0.25, 0.3) is 0 Å². The van der Waals surface area contributed by atoms with E-state index in [1.165, 1.54) is 12.1 Å². The van der Waals surface area contributed by atoms with E-state index in [-0.39, 0.29) is 18.3 Å². The fraction of sp³-hybridized carbons (Fsp3) is 0.263. The first-order valence-corrected chi connectivity index (χ1v) is 7.91. The van der Waals surface area contributed by atoms with Gasteiger partial charge in [0.05, 0.1) is 11.6 Å². The molecule has 0 bridgehead atoms. The number of aliphatic hydroxyl groups is 1. The largest absolute Gasteiger partial charge is 0.508 e. The van der Waals surface area contributed by atoms with E-state index >= 15 is 0 Å². The minimum absolute atomic E-state index is 0.0175. The second-order valence-electron chi connectivity index (χ2n) is 5.72. The molecule has 0 saturated carbocycles. The Morgan fingerprint density at radius 2 is 1.84 bits per heavy atom. The van der Waals surface area contributed by atoms with Crippen molar-refractivity contribution in [2.24, 2.45) is 5.92 Å². The van der Waals surface area contributed by atoms with Gasteiger partial charge in [-0.2, -0.15) is 5.26 Å². The van der Waals surface area contributed by atoms with Crippen LogP contribution < -0.4 is 5.32 Å². The molecule has 25 heavy (non-hydrogen) atoms. The van der Waals surface area contributed by atoms with Crippen molar-refractivity contribution in [1.82, 2.24) is 0 Å². The van der Waals surface area contributed by atoms with Crippen LogP contribution in [0.15, 0.2) is 48.5 Å². The molecule has 0 spiro atoms. The monoisotopic (exact) mass is 340 g/mol. The van der Waals surface area contributed by atoms with Gasteiger partial charge in [-0.1, -0.05) is 19.1 Å². The predicted octanol–water partition coefficient (Wildman–Crippen LogP) is 3.57. The maximum Gasteiger partial charge on any atom is 0.412 e. The van der Waals surface area contributed by atoms with Crippen molar-refractivity contribution < 1.29 is 19.7 Å². The second-order valence-corrected chi connectivity index (χ2v) is 5.72. The molecule has 0 heterocycles. The van der Waals surface area contributed by atoms with Gasteiger partial charge < -0.3 is 14.9 Å². The van der Waals surface area contributed by atoms with E-state index in [0.29, 0.717) is 17.7 Å². The van der Waals surface area contributed by atoms with Gasteiger partial charge >= 0.3 is 6.09 Å². The van der Waals surface area contributed by atoms with Crippen molar-refractivity contribution in [3.05, 3.63) is 59.7 Å². The van der Waals surface area contributed by atoms with Gasteiger partial charge in [0.2, 0.25) is 0 Å². The summed E-state index contributed by atoms with van der Waals surface area (Å²) < 4.78 is 5.54. The summed E-state index contributed by atoms with van der Waals surface area (Å²) in [7, 11) is 0. The summed E-state index contributed by atoms with van der Waals surface area (Å²) in [4.78, 5) is 12.2. The van der Waals surface area contributed by atoms with E-state index < -0.39 is 12.2 Å². The Labute approximate surface area is 146 Å². The van der Waals surface area contributed by atoms with Crippen LogP contribution >= 0.6 is 0 Å². The summed E-state index contributed by atoms with van der Waals surface area (Å²) in [6.07, 6.45) is -0.728. The first-order valence-electron chi connectivity index (χ1n) is 7.91. The second kappa shape index (κ2) is 8.71. The average molecular weight is 340 g/mol. The molecule has 0 aliphatic carbocycles. The molecule has 2 aromatic carbocycles. The number of amides is 1. The smallest absolute Gasteiger partial charge is 0.412 e. The van der Waals surface area contributed by atoms with Crippen LogP contribution in [0, 0.1) is 17.2 Å². The lowest BCUT2D eigenvalue weighted by molar-refractivity contribution is 0.0667. The topological polar surface area (TPSA) is 103 Å². The molecule has 0 saturated heterocycles. The molecule has 3 N–H and O–H groups in total. The molecule has 0 aliphatic rings. The summed E-state index contributed by atoms with van der Waals surface area (Å²) in [6.45, 7) is 1.86. The van der Waals surface area contributed by atoms with E-state index in [0.717, 1.165) is 5.56 Å². The highest BCUT2D eigenvalue weighted by molar-refractivity contribution is 5.84. The highest BCUT2D eigenvalue weighted by Gasteiger charge is 2.23. The van der Waals surface area contributed by atoms with Crippen LogP contribution in [-0.2, 0) is 4.74 Å². The van der Waals surface area contributed by atoms with E-state index in [1.54, 1.807) is 36.4 Å². The zero-order valence-electron chi connectivity index (χ0n) is 13.8. The Balaban J connectivity index is 2.10. The Bertz CT molecular complexity index is 736. The van der Waals surface area contributed by atoms with E-state index in [2.05, 4.69) is 5.32 Å². The van der Waals surface area contributed by atoms with Crippen LogP contribution in [-0.4, -0.2) is 22.9 Å². The number of phenols is 1. The van der Waals surface area contributed by atoms with E-state index in [4.69, 9.17) is 10.00 Å². The van der Waals surface area contributed by atoms with Gasteiger partial charge in [0.15, 0.2) is 0 Å². The number of anilines is 1. The fourth-order valence-corrected chi connectivity index (χ4v) is 2.42. The zero-order chi connectivity index (χ0) is 18.2.